The zero-order chi connectivity index (χ0) is 18.8. The molecule has 1 aromatic rings. The van der Waals surface area contributed by atoms with Gasteiger partial charge in [-0.3, -0.25) is 9.59 Å². The number of H-pyrrole nitrogens is 1. The lowest BCUT2D eigenvalue weighted by molar-refractivity contribution is 0.0935. The van der Waals surface area contributed by atoms with Gasteiger partial charge in [0.15, 0.2) is 0 Å². The smallest absolute Gasteiger partial charge is 0.275 e. The molecule has 1 saturated heterocycles. The Morgan fingerprint density at radius 2 is 2.22 bits per heavy atom. The van der Waals surface area contributed by atoms with Gasteiger partial charge in [0.2, 0.25) is 0 Å². The van der Waals surface area contributed by atoms with Gasteiger partial charge in [-0.05, 0) is 24.5 Å². The van der Waals surface area contributed by atoms with Gasteiger partial charge in [-0.25, -0.2) is 5.10 Å². The van der Waals surface area contributed by atoms with Crippen molar-refractivity contribution in [2.75, 3.05) is 6.61 Å². The van der Waals surface area contributed by atoms with Crippen molar-refractivity contribution in [1.29, 1.82) is 0 Å². The molecule has 7 nitrogen and oxygen atoms in total. The summed E-state index contributed by atoms with van der Waals surface area (Å²) >= 11 is 6.14. The quantitative estimate of drug-likeness (QED) is 0.704. The van der Waals surface area contributed by atoms with E-state index in [9.17, 15) is 9.59 Å². The Balaban J connectivity index is 1.60. The van der Waals surface area contributed by atoms with Crippen LogP contribution in [-0.4, -0.2) is 33.4 Å². The summed E-state index contributed by atoms with van der Waals surface area (Å²) in [5.41, 5.74) is 1.60. The molecule has 3 aliphatic heterocycles. The van der Waals surface area contributed by atoms with Crippen molar-refractivity contribution in [2.45, 2.75) is 32.0 Å². The lowest BCUT2D eigenvalue weighted by Gasteiger charge is -2.16. The molecule has 2 N–H and O–H groups in total. The molecule has 4 rings (SSSR count). The number of pyridine rings is 1. The molecule has 0 unspecified atom stereocenters. The monoisotopic (exact) mass is 386 g/mol. The molecule has 0 bridgehead atoms. The van der Waals surface area contributed by atoms with Gasteiger partial charge in [0.1, 0.15) is 5.69 Å². The third-order valence-electron chi connectivity index (χ3n) is 4.69. The van der Waals surface area contributed by atoms with E-state index in [1.807, 2.05) is 22.8 Å². The van der Waals surface area contributed by atoms with E-state index in [0.29, 0.717) is 28.4 Å². The van der Waals surface area contributed by atoms with E-state index in [0.717, 1.165) is 25.0 Å². The minimum Gasteiger partial charge on any atom is -0.376 e. The number of amides is 1. The first-order valence-electron chi connectivity index (χ1n) is 8.83. The molecule has 0 aliphatic carbocycles. The number of nitrogens with zero attached hydrogens (tertiary/aromatic N) is 2. The number of aromatic amines is 1. The number of carbonyl (C=O) groups excluding carboxylic acids is 1. The molecular formula is C19H19ClN4O3. The predicted molar refractivity (Wildman–Crippen MR) is 101 cm³/mol. The van der Waals surface area contributed by atoms with Gasteiger partial charge in [-0.2, -0.15) is 5.10 Å². The SMILES string of the molecule is O=C(NCc1ccccc1Cl)c1cn(C[C@H]2CCCO2)cc2c(=O)[nH]nc1-2. The van der Waals surface area contributed by atoms with Crippen LogP contribution in [0, 0.1) is 0 Å². The number of carbonyl (C=O) groups is 1. The zero-order valence-electron chi connectivity index (χ0n) is 14.6. The summed E-state index contributed by atoms with van der Waals surface area (Å²) in [6, 6.07) is 7.32. The second kappa shape index (κ2) is 7.54. The number of aromatic nitrogens is 3. The standard InChI is InChI=1S/C19H19ClN4O3/c20-16-6-2-1-4-12(16)8-21-18(25)14-10-24(9-13-5-3-7-27-13)11-15-17(14)22-23-19(15)26/h1-2,4,6,10-11,13H,3,5,7-9H2,(H,21,25)(H,23,26)/t13-/m1/s1. The summed E-state index contributed by atoms with van der Waals surface area (Å²) in [5.74, 6) is -0.312. The number of benzene rings is 1. The maximum Gasteiger partial charge on any atom is 0.275 e. The van der Waals surface area contributed by atoms with Crippen LogP contribution in [0.25, 0.3) is 11.3 Å². The second-order valence-corrected chi connectivity index (χ2v) is 7.00. The Hall–Kier alpha value is -2.64. The summed E-state index contributed by atoms with van der Waals surface area (Å²) in [5, 5.41) is 9.88. The first-order chi connectivity index (χ1) is 13.1. The molecular weight excluding hydrogens is 368 g/mol. The van der Waals surface area contributed by atoms with Gasteiger partial charge in [0.25, 0.3) is 11.5 Å². The summed E-state index contributed by atoms with van der Waals surface area (Å²) in [6.07, 6.45) is 5.51. The van der Waals surface area contributed by atoms with Crippen molar-refractivity contribution in [2.24, 2.45) is 0 Å². The molecule has 0 radical (unpaired) electrons. The second-order valence-electron chi connectivity index (χ2n) is 6.59. The molecule has 0 spiro atoms. The molecule has 3 aliphatic rings. The van der Waals surface area contributed by atoms with E-state index < -0.39 is 0 Å². The molecule has 27 heavy (non-hydrogen) atoms. The minimum absolute atomic E-state index is 0.0912. The third kappa shape index (κ3) is 3.74. The molecule has 8 heteroatoms. The highest BCUT2D eigenvalue weighted by Crippen LogP contribution is 2.22. The van der Waals surface area contributed by atoms with Crippen molar-refractivity contribution in [3.05, 3.63) is 63.2 Å². The molecule has 1 atom stereocenters. The van der Waals surface area contributed by atoms with Crippen molar-refractivity contribution in [3.63, 3.8) is 0 Å². The Morgan fingerprint density at radius 3 is 3.00 bits per heavy atom. The first kappa shape index (κ1) is 17.8. The summed E-state index contributed by atoms with van der Waals surface area (Å²) < 4.78 is 7.49. The number of halogens is 1. The minimum atomic E-state index is -0.313. The third-order valence-corrected chi connectivity index (χ3v) is 5.06. The highest BCUT2D eigenvalue weighted by molar-refractivity contribution is 6.31. The van der Waals surface area contributed by atoms with E-state index in [1.165, 1.54) is 0 Å². The topological polar surface area (TPSA) is 89.0 Å². The number of rotatable bonds is 5. The fourth-order valence-electron chi connectivity index (χ4n) is 3.30. The summed E-state index contributed by atoms with van der Waals surface area (Å²) in [4.78, 5) is 24.8. The first-order valence-corrected chi connectivity index (χ1v) is 9.21. The average molecular weight is 387 g/mol. The van der Waals surface area contributed by atoms with Gasteiger partial charge < -0.3 is 14.6 Å². The molecule has 1 amide bonds. The highest BCUT2D eigenvalue weighted by Gasteiger charge is 2.23. The van der Waals surface area contributed by atoms with Crippen LogP contribution < -0.4 is 10.9 Å². The largest absolute Gasteiger partial charge is 0.376 e. The average Bonchev–Trinajstić information content (AvgIpc) is 3.31. The molecule has 0 saturated carbocycles. The van der Waals surface area contributed by atoms with Crippen LogP contribution in [0.5, 0.6) is 0 Å². The van der Waals surface area contributed by atoms with Gasteiger partial charge in [-0.15, -0.1) is 0 Å². The predicted octanol–water partition coefficient (Wildman–Crippen LogP) is 2.44. The van der Waals surface area contributed by atoms with Crippen LogP contribution in [0.3, 0.4) is 0 Å². The highest BCUT2D eigenvalue weighted by atomic mass is 35.5. The normalized spacial score (nSPS) is 16.7. The van der Waals surface area contributed by atoms with Crippen LogP contribution >= 0.6 is 11.6 Å². The van der Waals surface area contributed by atoms with E-state index in [2.05, 4.69) is 15.5 Å². The van der Waals surface area contributed by atoms with Crippen molar-refractivity contribution in [3.8, 4) is 11.3 Å². The van der Waals surface area contributed by atoms with Crippen LogP contribution in [0.15, 0.2) is 41.5 Å². The Kier molecular flexibility index (Phi) is 4.96. The zero-order valence-corrected chi connectivity index (χ0v) is 15.3. The van der Waals surface area contributed by atoms with Gasteiger partial charge in [0, 0.05) is 37.1 Å². The van der Waals surface area contributed by atoms with Crippen molar-refractivity contribution in [1.82, 2.24) is 20.1 Å². The van der Waals surface area contributed by atoms with Gasteiger partial charge in [-0.1, -0.05) is 29.8 Å². The van der Waals surface area contributed by atoms with E-state index in [-0.39, 0.29) is 24.1 Å². The number of ether oxygens (including phenoxy) is 1. The summed E-state index contributed by atoms with van der Waals surface area (Å²) in [7, 11) is 0. The number of fused-ring (bicyclic) bond motifs is 1. The Bertz CT molecular complexity index is 991. The van der Waals surface area contributed by atoms with E-state index in [4.69, 9.17) is 16.3 Å². The maximum atomic E-state index is 12.8. The van der Waals surface area contributed by atoms with Crippen LogP contribution in [0.2, 0.25) is 5.02 Å². The molecule has 140 valence electrons. The summed E-state index contributed by atoms with van der Waals surface area (Å²) in [6.45, 7) is 1.62. The fraction of sp³-hybridized carbons (Fsp3) is 0.316. The van der Waals surface area contributed by atoms with Crippen molar-refractivity contribution >= 4 is 17.5 Å². The molecule has 3 heterocycles. The van der Waals surface area contributed by atoms with Gasteiger partial charge >= 0.3 is 0 Å². The number of hydrogen-bond donors (Lipinski definition) is 2. The van der Waals surface area contributed by atoms with Crippen molar-refractivity contribution < 1.29 is 9.53 Å². The lowest BCUT2D eigenvalue weighted by Crippen LogP contribution is -2.26. The van der Waals surface area contributed by atoms with Crippen LogP contribution in [0.1, 0.15) is 28.8 Å². The molecule has 0 aromatic heterocycles. The van der Waals surface area contributed by atoms with Gasteiger partial charge in [0.05, 0.1) is 17.2 Å². The molecule has 1 fully saturated rings. The number of hydrogen-bond acceptors (Lipinski definition) is 4. The lowest BCUT2D eigenvalue weighted by atomic mass is 10.1. The maximum absolute atomic E-state index is 12.8. The fourth-order valence-corrected chi connectivity index (χ4v) is 3.50. The number of nitrogens with one attached hydrogen (secondary N) is 2. The van der Waals surface area contributed by atoms with Crippen LogP contribution in [0.4, 0.5) is 0 Å². The van der Waals surface area contributed by atoms with E-state index >= 15 is 0 Å². The Morgan fingerprint density at radius 1 is 1.37 bits per heavy atom. The Labute approximate surface area is 160 Å². The van der Waals surface area contributed by atoms with Crippen LogP contribution in [-0.2, 0) is 17.8 Å². The van der Waals surface area contributed by atoms with E-state index in [1.54, 1.807) is 18.5 Å². The molecule has 1 aromatic carbocycles.